The molecule has 0 saturated heterocycles. The number of aromatic nitrogens is 1. The molecule has 0 unspecified atom stereocenters. The van der Waals surface area contributed by atoms with Crippen molar-refractivity contribution in [1.82, 2.24) is 4.98 Å². The van der Waals surface area contributed by atoms with Crippen molar-refractivity contribution in [3.63, 3.8) is 0 Å². The largest absolute Gasteiger partial charge is 0.465 e. The summed E-state index contributed by atoms with van der Waals surface area (Å²) in [6.07, 6.45) is 0. The van der Waals surface area contributed by atoms with Crippen LogP contribution >= 0.6 is 11.6 Å². The number of carbonyl (C=O) groups excluding carboxylic acids is 1. The van der Waals surface area contributed by atoms with Gasteiger partial charge >= 0.3 is 5.97 Å². The van der Waals surface area contributed by atoms with Crippen LogP contribution in [0.2, 0.25) is 5.02 Å². The number of pyridine rings is 1. The molecule has 1 aromatic carbocycles. The topological polar surface area (TPSA) is 39.2 Å². The van der Waals surface area contributed by atoms with E-state index in [1.807, 2.05) is 13.8 Å². The second kappa shape index (κ2) is 4.34. The van der Waals surface area contributed by atoms with Gasteiger partial charge in [0.05, 0.1) is 23.2 Å². The van der Waals surface area contributed by atoms with Gasteiger partial charge < -0.3 is 4.74 Å². The highest BCUT2D eigenvalue weighted by atomic mass is 35.5. The molecule has 0 saturated carbocycles. The van der Waals surface area contributed by atoms with E-state index in [0.717, 1.165) is 22.2 Å². The van der Waals surface area contributed by atoms with Crippen LogP contribution in [0, 0.1) is 13.8 Å². The highest BCUT2D eigenvalue weighted by Crippen LogP contribution is 2.27. The number of aryl methyl sites for hydroxylation is 2. The van der Waals surface area contributed by atoms with Crippen molar-refractivity contribution in [3.05, 3.63) is 40.0 Å². The lowest BCUT2D eigenvalue weighted by atomic mass is 10.0. The van der Waals surface area contributed by atoms with Gasteiger partial charge in [-0.05, 0) is 31.5 Å². The molecule has 0 spiro atoms. The molecule has 0 fully saturated rings. The van der Waals surface area contributed by atoms with Crippen LogP contribution in [-0.2, 0) is 4.74 Å². The SMILES string of the molecule is COC(=O)c1ccc2c(Cl)cc(C)nc2c1C. The summed E-state index contributed by atoms with van der Waals surface area (Å²) in [7, 11) is 1.36. The van der Waals surface area contributed by atoms with Crippen LogP contribution in [-0.4, -0.2) is 18.1 Å². The molecular weight excluding hydrogens is 238 g/mol. The fourth-order valence-corrected chi connectivity index (χ4v) is 2.15. The lowest BCUT2D eigenvalue weighted by Crippen LogP contribution is -2.04. The number of esters is 1. The Hall–Kier alpha value is -1.61. The average molecular weight is 250 g/mol. The van der Waals surface area contributed by atoms with Crippen LogP contribution in [0.5, 0.6) is 0 Å². The molecule has 0 aliphatic rings. The van der Waals surface area contributed by atoms with Gasteiger partial charge in [0.25, 0.3) is 0 Å². The third-order valence-corrected chi connectivity index (χ3v) is 3.03. The van der Waals surface area contributed by atoms with Crippen molar-refractivity contribution in [1.29, 1.82) is 0 Å². The second-order valence-electron chi connectivity index (χ2n) is 3.87. The highest BCUT2D eigenvalue weighted by molar-refractivity contribution is 6.35. The predicted octanol–water partition coefficient (Wildman–Crippen LogP) is 3.29. The number of hydrogen-bond acceptors (Lipinski definition) is 3. The summed E-state index contributed by atoms with van der Waals surface area (Å²) in [4.78, 5) is 16.0. The van der Waals surface area contributed by atoms with Crippen molar-refractivity contribution in [2.75, 3.05) is 7.11 Å². The molecule has 0 bridgehead atoms. The normalized spacial score (nSPS) is 10.6. The molecule has 0 aliphatic carbocycles. The standard InChI is InChI=1S/C13H12ClNO2/c1-7-6-11(14)10-5-4-9(13(16)17-3)8(2)12(10)15-7/h4-6H,1-3H3. The summed E-state index contributed by atoms with van der Waals surface area (Å²) < 4.78 is 4.73. The molecule has 3 nitrogen and oxygen atoms in total. The summed E-state index contributed by atoms with van der Waals surface area (Å²) in [5.74, 6) is -0.358. The maximum atomic E-state index is 11.6. The average Bonchev–Trinajstić information content (AvgIpc) is 2.29. The van der Waals surface area contributed by atoms with Gasteiger partial charge in [-0.1, -0.05) is 17.7 Å². The number of benzene rings is 1. The van der Waals surface area contributed by atoms with E-state index in [1.54, 1.807) is 18.2 Å². The Morgan fingerprint density at radius 1 is 1.35 bits per heavy atom. The molecule has 0 atom stereocenters. The van der Waals surface area contributed by atoms with Gasteiger partial charge in [-0.15, -0.1) is 0 Å². The minimum Gasteiger partial charge on any atom is -0.465 e. The lowest BCUT2D eigenvalue weighted by molar-refractivity contribution is 0.0600. The minimum absolute atomic E-state index is 0.358. The van der Waals surface area contributed by atoms with Crippen LogP contribution in [0.4, 0.5) is 0 Å². The number of rotatable bonds is 1. The molecule has 4 heteroatoms. The smallest absolute Gasteiger partial charge is 0.338 e. The molecule has 0 amide bonds. The zero-order chi connectivity index (χ0) is 12.6. The third-order valence-electron chi connectivity index (χ3n) is 2.72. The Labute approximate surface area is 104 Å². The van der Waals surface area contributed by atoms with E-state index in [4.69, 9.17) is 16.3 Å². The summed E-state index contributed by atoms with van der Waals surface area (Å²) in [5, 5.41) is 1.49. The summed E-state index contributed by atoms with van der Waals surface area (Å²) in [6, 6.07) is 5.32. The number of halogens is 1. The van der Waals surface area contributed by atoms with E-state index < -0.39 is 0 Å². The van der Waals surface area contributed by atoms with Gasteiger partial charge in [0, 0.05) is 11.1 Å². The van der Waals surface area contributed by atoms with Crippen molar-refractivity contribution in [2.24, 2.45) is 0 Å². The van der Waals surface area contributed by atoms with Crippen LogP contribution in [0.1, 0.15) is 21.6 Å². The molecule has 1 aromatic heterocycles. The second-order valence-corrected chi connectivity index (χ2v) is 4.28. The van der Waals surface area contributed by atoms with Crippen LogP contribution in [0.15, 0.2) is 18.2 Å². The zero-order valence-electron chi connectivity index (χ0n) is 9.87. The fourth-order valence-electron chi connectivity index (χ4n) is 1.84. The predicted molar refractivity (Wildman–Crippen MR) is 67.6 cm³/mol. The molecule has 2 aromatic rings. The first kappa shape index (κ1) is 11.9. The van der Waals surface area contributed by atoms with Gasteiger partial charge in [-0.2, -0.15) is 0 Å². The quantitative estimate of drug-likeness (QED) is 0.728. The summed E-state index contributed by atoms with van der Waals surface area (Å²) >= 11 is 6.14. The molecule has 0 radical (unpaired) electrons. The maximum Gasteiger partial charge on any atom is 0.338 e. The van der Waals surface area contributed by atoms with Gasteiger partial charge in [0.1, 0.15) is 0 Å². The molecule has 0 N–H and O–H groups in total. The van der Waals surface area contributed by atoms with Gasteiger partial charge in [-0.25, -0.2) is 4.79 Å². The van der Waals surface area contributed by atoms with Gasteiger partial charge in [0.2, 0.25) is 0 Å². The van der Waals surface area contributed by atoms with Gasteiger partial charge in [-0.3, -0.25) is 4.98 Å². The van der Waals surface area contributed by atoms with E-state index in [9.17, 15) is 4.79 Å². The number of ether oxygens (including phenoxy) is 1. The molecule has 1 heterocycles. The molecule has 88 valence electrons. The fraction of sp³-hybridized carbons (Fsp3) is 0.231. The molecule has 0 aliphatic heterocycles. The molecule has 17 heavy (non-hydrogen) atoms. The monoisotopic (exact) mass is 249 g/mol. The van der Waals surface area contributed by atoms with Crippen LogP contribution in [0.3, 0.4) is 0 Å². The number of nitrogens with zero attached hydrogens (tertiary/aromatic N) is 1. The summed E-state index contributed by atoms with van der Waals surface area (Å²) in [5.41, 5.74) is 2.89. The van der Waals surface area contributed by atoms with Crippen molar-refractivity contribution >= 4 is 28.5 Å². The van der Waals surface area contributed by atoms with E-state index in [0.29, 0.717) is 10.6 Å². The van der Waals surface area contributed by atoms with Crippen molar-refractivity contribution in [3.8, 4) is 0 Å². The Bertz CT molecular complexity index is 608. The minimum atomic E-state index is -0.358. The number of methoxy groups -OCH3 is 1. The number of carbonyl (C=O) groups is 1. The van der Waals surface area contributed by atoms with E-state index in [2.05, 4.69) is 4.98 Å². The lowest BCUT2D eigenvalue weighted by Gasteiger charge is -2.09. The van der Waals surface area contributed by atoms with Crippen LogP contribution < -0.4 is 0 Å². The first-order valence-corrected chi connectivity index (χ1v) is 5.57. The molecular formula is C13H12ClNO2. The van der Waals surface area contributed by atoms with Crippen molar-refractivity contribution in [2.45, 2.75) is 13.8 Å². The number of hydrogen-bond donors (Lipinski definition) is 0. The molecule has 2 rings (SSSR count). The van der Waals surface area contributed by atoms with E-state index >= 15 is 0 Å². The highest BCUT2D eigenvalue weighted by Gasteiger charge is 2.13. The summed E-state index contributed by atoms with van der Waals surface area (Å²) in [6.45, 7) is 3.72. The Kier molecular flexibility index (Phi) is 3.03. The van der Waals surface area contributed by atoms with Gasteiger partial charge in [0.15, 0.2) is 0 Å². The number of fused-ring (bicyclic) bond motifs is 1. The maximum absolute atomic E-state index is 11.6. The first-order chi connectivity index (χ1) is 8.04. The Morgan fingerprint density at radius 2 is 2.06 bits per heavy atom. The van der Waals surface area contributed by atoms with E-state index in [-0.39, 0.29) is 5.97 Å². The van der Waals surface area contributed by atoms with E-state index in [1.165, 1.54) is 7.11 Å². The first-order valence-electron chi connectivity index (χ1n) is 5.19. The Balaban J connectivity index is 2.79. The van der Waals surface area contributed by atoms with Crippen molar-refractivity contribution < 1.29 is 9.53 Å². The van der Waals surface area contributed by atoms with Crippen LogP contribution in [0.25, 0.3) is 10.9 Å². The Morgan fingerprint density at radius 3 is 2.71 bits per heavy atom. The third kappa shape index (κ3) is 1.98. The zero-order valence-corrected chi connectivity index (χ0v) is 10.6.